The summed E-state index contributed by atoms with van der Waals surface area (Å²) in [6.45, 7) is 0. The third kappa shape index (κ3) is 3.34. The average molecular weight is 476 g/mol. The molecule has 0 aliphatic carbocycles. The average Bonchev–Trinajstić information content (AvgIpc) is 3.21. The van der Waals surface area contributed by atoms with E-state index in [0.29, 0.717) is 21.7 Å². The normalized spacial score (nSPS) is 11.1. The SMILES string of the molecule is Nc1c(Br)c(Oc2ccc(C(=O)O)cc2)nc2c(-c3cnc4ccccc4c3)cnn12. The summed E-state index contributed by atoms with van der Waals surface area (Å²) in [6.07, 6.45) is 3.45. The third-order valence-electron chi connectivity index (χ3n) is 4.81. The van der Waals surface area contributed by atoms with Crippen LogP contribution in [0.15, 0.2) is 71.5 Å². The van der Waals surface area contributed by atoms with Gasteiger partial charge in [-0.1, -0.05) is 18.2 Å². The molecule has 0 radical (unpaired) electrons. The maximum Gasteiger partial charge on any atom is 0.335 e. The van der Waals surface area contributed by atoms with Crippen molar-refractivity contribution in [3.63, 3.8) is 0 Å². The zero-order chi connectivity index (χ0) is 21.5. The highest BCUT2D eigenvalue weighted by atomic mass is 79.9. The maximum atomic E-state index is 11.0. The van der Waals surface area contributed by atoms with Gasteiger partial charge in [-0.05, 0) is 52.3 Å². The van der Waals surface area contributed by atoms with E-state index in [0.717, 1.165) is 22.0 Å². The molecule has 9 heteroatoms. The van der Waals surface area contributed by atoms with Crippen molar-refractivity contribution in [3.05, 3.63) is 77.0 Å². The Labute approximate surface area is 184 Å². The van der Waals surface area contributed by atoms with E-state index < -0.39 is 5.97 Å². The molecule has 0 spiro atoms. The Morgan fingerprint density at radius 1 is 1.10 bits per heavy atom. The quantitative estimate of drug-likeness (QED) is 0.384. The van der Waals surface area contributed by atoms with Crippen LogP contribution in [0.5, 0.6) is 11.6 Å². The van der Waals surface area contributed by atoms with Gasteiger partial charge in [0.2, 0.25) is 5.88 Å². The molecule has 0 fully saturated rings. The maximum absolute atomic E-state index is 11.0. The lowest BCUT2D eigenvalue weighted by Gasteiger charge is -2.10. The number of pyridine rings is 1. The summed E-state index contributed by atoms with van der Waals surface area (Å²) >= 11 is 3.41. The molecule has 152 valence electrons. The van der Waals surface area contributed by atoms with Gasteiger partial charge in [-0.2, -0.15) is 14.6 Å². The number of aromatic nitrogens is 4. The number of carbonyl (C=O) groups is 1. The van der Waals surface area contributed by atoms with Crippen LogP contribution >= 0.6 is 15.9 Å². The van der Waals surface area contributed by atoms with Crippen molar-refractivity contribution in [2.24, 2.45) is 0 Å². The number of carboxylic acid groups (broad SMARTS) is 1. The van der Waals surface area contributed by atoms with E-state index in [-0.39, 0.29) is 11.4 Å². The van der Waals surface area contributed by atoms with E-state index in [4.69, 9.17) is 15.6 Å². The molecule has 0 atom stereocenters. The number of nitrogens with two attached hydrogens (primary N) is 1. The van der Waals surface area contributed by atoms with Crippen molar-refractivity contribution < 1.29 is 14.6 Å². The van der Waals surface area contributed by atoms with Gasteiger partial charge in [0.25, 0.3) is 0 Å². The van der Waals surface area contributed by atoms with E-state index in [2.05, 4.69) is 31.0 Å². The Morgan fingerprint density at radius 3 is 2.65 bits per heavy atom. The first-order valence-corrected chi connectivity index (χ1v) is 9.99. The number of nitrogen functional groups attached to an aromatic ring is 1. The van der Waals surface area contributed by atoms with E-state index in [1.807, 2.05) is 30.3 Å². The fraction of sp³-hybridized carbons (Fsp3) is 0. The van der Waals surface area contributed by atoms with E-state index in [1.165, 1.54) is 16.6 Å². The fourth-order valence-electron chi connectivity index (χ4n) is 3.24. The zero-order valence-corrected chi connectivity index (χ0v) is 17.4. The number of halogens is 1. The minimum absolute atomic E-state index is 0.163. The smallest absolute Gasteiger partial charge is 0.335 e. The van der Waals surface area contributed by atoms with Crippen molar-refractivity contribution in [1.82, 2.24) is 19.6 Å². The lowest BCUT2D eigenvalue weighted by atomic mass is 10.1. The molecule has 5 aromatic rings. The number of rotatable bonds is 4. The number of hydrogen-bond donors (Lipinski definition) is 2. The van der Waals surface area contributed by atoms with Crippen LogP contribution in [0.4, 0.5) is 5.82 Å². The van der Waals surface area contributed by atoms with Gasteiger partial charge in [-0.15, -0.1) is 0 Å². The number of aromatic carboxylic acids is 1. The summed E-state index contributed by atoms with van der Waals surface area (Å²) in [5.41, 5.74) is 9.43. The van der Waals surface area contributed by atoms with Crippen LogP contribution in [-0.4, -0.2) is 30.7 Å². The highest BCUT2D eigenvalue weighted by Gasteiger charge is 2.18. The molecule has 0 aliphatic rings. The Balaban J connectivity index is 1.60. The molecule has 3 N–H and O–H groups in total. The molecular weight excluding hydrogens is 462 g/mol. The highest BCUT2D eigenvalue weighted by Crippen LogP contribution is 2.36. The van der Waals surface area contributed by atoms with Gasteiger partial charge < -0.3 is 15.6 Å². The Kier molecular flexibility index (Phi) is 4.52. The van der Waals surface area contributed by atoms with Crippen molar-refractivity contribution in [3.8, 4) is 22.8 Å². The van der Waals surface area contributed by atoms with Crippen LogP contribution in [0.25, 0.3) is 27.7 Å². The predicted octanol–water partition coefficient (Wildman–Crippen LogP) is 4.78. The van der Waals surface area contributed by atoms with Crippen LogP contribution in [0.1, 0.15) is 10.4 Å². The Bertz CT molecular complexity index is 1460. The molecular formula is C22H14BrN5O3. The van der Waals surface area contributed by atoms with Gasteiger partial charge in [0.15, 0.2) is 5.65 Å². The molecule has 0 saturated carbocycles. The first-order valence-electron chi connectivity index (χ1n) is 9.20. The molecule has 0 aliphatic heterocycles. The molecule has 0 amide bonds. The number of anilines is 1. The second kappa shape index (κ2) is 7.37. The molecule has 0 saturated heterocycles. The van der Waals surface area contributed by atoms with Crippen molar-refractivity contribution >= 4 is 44.3 Å². The summed E-state index contributed by atoms with van der Waals surface area (Å²) in [5, 5.41) is 14.4. The fourth-order valence-corrected chi connectivity index (χ4v) is 3.58. The predicted molar refractivity (Wildman–Crippen MR) is 119 cm³/mol. The zero-order valence-electron chi connectivity index (χ0n) is 15.9. The second-order valence-electron chi connectivity index (χ2n) is 6.76. The topological polar surface area (TPSA) is 116 Å². The number of nitrogens with zero attached hydrogens (tertiary/aromatic N) is 4. The molecule has 2 aromatic carbocycles. The standard InChI is InChI=1S/C22H14BrN5O3/c23-18-19(24)28-20(27-21(18)31-15-7-5-12(6-8-15)22(29)30)16(11-26-28)14-9-13-3-1-2-4-17(13)25-10-14/h1-11H,24H2,(H,29,30). The molecule has 0 unspecified atom stereocenters. The number of carboxylic acids is 1. The summed E-state index contributed by atoms with van der Waals surface area (Å²) in [5.74, 6) is -0.0227. The Hall–Kier alpha value is -3.98. The lowest BCUT2D eigenvalue weighted by Crippen LogP contribution is -2.04. The van der Waals surface area contributed by atoms with E-state index >= 15 is 0 Å². The van der Waals surface area contributed by atoms with Crippen molar-refractivity contribution in [2.45, 2.75) is 0 Å². The van der Waals surface area contributed by atoms with Gasteiger partial charge in [-0.3, -0.25) is 4.98 Å². The molecule has 8 nitrogen and oxygen atoms in total. The molecule has 3 heterocycles. The number of fused-ring (bicyclic) bond motifs is 2. The number of benzene rings is 2. The molecule has 31 heavy (non-hydrogen) atoms. The summed E-state index contributed by atoms with van der Waals surface area (Å²) < 4.78 is 7.84. The van der Waals surface area contributed by atoms with Gasteiger partial charge >= 0.3 is 5.97 Å². The van der Waals surface area contributed by atoms with Crippen molar-refractivity contribution in [2.75, 3.05) is 5.73 Å². The van der Waals surface area contributed by atoms with Crippen molar-refractivity contribution in [1.29, 1.82) is 0 Å². The van der Waals surface area contributed by atoms with Crippen LogP contribution in [0, 0.1) is 0 Å². The summed E-state index contributed by atoms with van der Waals surface area (Å²) in [4.78, 5) is 20.2. The highest BCUT2D eigenvalue weighted by molar-refractivity contribution is 9.10. The lowest BCUT2D eigenvalue weighted by molar-refractivity contribution is 0.0697. The van der Waals surface area contributed by atoms with Gasteiger partial charge in [0, 0.05) is 22.7 Å². The number of para-hydroxylation sites is 1. The second-order valence-corrected chi connectivity index (χ2v) is 7.55. The monoisotopic (exact) mass is 475 g/mol. The van der Waals surface area contributed by atoms with Gasteiger partial charge in [-0.25, -0.2) is 4.79 Å². The summed E-state index contributed by atoms with van der Waals surface area (Å²) in [6, 6.07) is 15.9. The molecule has 5 rings (SSSR count). The van der Waals surface area contributed by atoms with Crippen LogP contribution < -0.4 is 10.5 Å². The Morgan fingerprint density at radius 2 is 1.87 bits per heavy atom. The minimum Gasteiger partial charge on any atom is -0.478 e. The molecule has 0 bridgehead atoms. The third-order valence-corrected chi connectivity index (χ3v) is 5.55. The minimum atomic E-state index is -1.01. The van der Waals surface area contributed by atoms with Gasteiger partial charge in [0.1, 0.15) is 16.0 Å². The van der Waals surface area contributed by atoms with Crippen LogP contribution in [0.3, 0.4) is 0 Å². The van der Waals surface area contributed by atoms with Crippen LogP contribution in [0.2, 0.25) is 0 Å². The van der Waals surface area contributed by atoms with E-state index in [9.17, 15) is 4.79 Å². The first-order chi connectivity index (χ1) is 15.0. The molecule has 3 aromatic heterocycles. The van der Waals surface area contributed by atoms with E-state index in [1.54, 1.807) is 24.5 Å². The van der Waals surface area contributed by atoms with Gasteiger partial charge in [0.05, 0.1) is 17.3 Å². The first kappa shape index (κ1) is 19.0. The largest absolute Gasteiger partial charge is 0.478 e. The van der Waals surface area contributed by atoms with Crippen LogP contribution in [-0.2, 0) is 0 Å². The number of ether oxygens (including phenoxy) is 1. The summed E-state index contributed by atoms with van der Waals surface area (Å²) in [7, 11) is 0. The number of hydrogen-bond acceptors (Lipinski definition) is 6.